The molecular formula is C20H20N4O5S. The molecule has 0 unspecified atom stereocenters. The molecule has 0 aliphatic carbocycles. The average Bonchev–Trinajstić information content (AvgIpc) is 3.16. The summed E-state index contributed by atoms with van der Waals surface area (Å²) in [6.45, 7) is 3.68. The highest BCUT2D eigenvalue weighted by atomic mass is 32.1. The number of ether oxygens (including phenoxy) is 2. The van der Waals surface area contributed by atoms with Gasteiger partial charge in [0, 0.05) is 12.6 Å². The molecule has 1 aliphatic heterocycles. The van der Waals surface area contributed by atoms with Crippen LogP contribution in [0.15, 0.2) is 35.1 Å². The summed E-state index contributed by atoms with van der Waals surface area (Å²) in [5.74, 6) is -0.0921. The Balaban J connectivity index is 1.39. The lowest BCUT2D eigenvalue weighted by atomic mass is 10.2. The molecule has 4 rings (SSSR count). The summed E-state index contributed by atoms with van der Waals surface area (Å²) >= 11 is 1.33. The van der Waals surface area contributed by atoms with E-state index in [4.69, 9.17) is 9.47 Å². The van der Waals surface area contributed by atoms with Crippen molar-refractivity contribution in [2.24, 2.45) is 0 Å². The summed E-state index contributed by atoms with van der Waals surface area (Å²) in [4.78, 5) is 43.2. The van der Waals surface area contributed by atoms with Crippen LogP contribution in [0.5, 0.6) is 5.75 Å². The third kappa shape index (κ3) is 3.90. The Morgan fingerprint density at radius 2 is 2.10 bits per heavy atom. The van der Waals surface area contributed by atoms with E-state index < -0.39 is 12.1 Å². The average molecular weight is 428 g/mol. The number of anilines is 1. The Bertz CT molecular complexity index is 1170. The van der Waals surface area contributed by atoms with E-state index in [-0.39, 0.29) is 31.0 Å². The monoisotopic (exact) mass is 428 g/mol. The predicted octanol–water partition coefficient (Wildman–Crippen LogP) is 1.96. The van der Waals surface area contributed by atoms with Crippen molar-refractivity contribution in [3.05, 3.63) is 51.4 Å². The van der Waals surface area contributed by atoms with Crippen LogP contribution in [0.1, 0.15) is 31.0 Å². The molecule has 0 fully saturated rings. The van der Waals surface area contributed by atoms with Crippen molar-refractivity contribution in [1.29, 1.82) is 0 Å². The molecule has 0 radical (unpaired) electrons. The van der Waals surface area contributed by atoms with E-state index in [1.54, 1.807) is 25.1 Å². The van der Waals surface area contributed by atoms with Crippen LogP contribution in [0.4, 0.5) is 5.69 Å². The van der Waals surface area contributed by atoms with Gasteiger partial charge in [-0.15, -0.1) is 0 Å². The van der Waals surface area contributed by atoms with Crippen LogP contribution in [0.3, 0.4) is 0 Å². The number of rotatable bonds is 6. The lowest BCUT2D eigenvalue weighted by Gasteiger charge is -2.32. The van der Waals surface area contributed by atoms with Gasteiger partial charge < -0.3 is 14.4 Å². The fraction of sp³-hybridized carbons (Fsp3) is 0.350. The SMILES string of the molecule is CCc1nn2c(=O)cc(COC(=O)CCN3C(=O)[C@@H](C)Oc4ccccc43)nc2s1. The maximum atomic E-state index is 12.5. The molecule has 2 aromatic heterocycles. The van der Waals surface area contributed by atoms with E-state index in [2.05, 4.69) is 10.1 Å². The standard InChI is InChI=1S/C20H20N4O5S/c1-3-16-22-24-17(25)10-13(21-20(24)30-16)11-28-18(26)8-9-23-14-6-4-5-7-15(14)29-12(2)19(23)27/h4-7,10,12H,3,8-9,11H2,1-2H3/t12-/m1/s1. The van der Waals surface area contributed by atoms with Gasteiger partial charge in [0.15, 0.2) is 6.10 Å². The molecule has 0 spiro atoms. The molecular weight excluding hydrogens is 408 g/mol. The maximum Gasteiger partial charge on any atom is 0.307 e. The van der Waals surface area contributed by atoms with Crippen molar-refractivity contribution in [3.8, 4) is 5.75 Å². The van der Waals surface area contributed by atoms with Gasteiger partial charge in [-0.25, -0.2) is 4.98 Å². The first-order valence-corrected chi connectivity index (χ1v) is 10.4. The van der Waals surface area contributed by atoms with Gasteiger partial charge in [-0.1, -0.05) is 30.4 Å². The highest BCUT2D eigenvalue weighted by Gasteiger charge is 2.31. The van der Waals surface area contributed by atoms with E-state index in [9.17, 15) is 14.4 Å². The second kappa shape index (κ2) is 8.23. The highest BCUT2D eigenvalue weighted by molar-refractivity contribution is 7.16. The summed E-state index contributed by atoms with van der Waals surface area (Å²) < 4.78 is 12.1. The molecule has 3 heterocycles. The molecule has 0 bridgehead atoms. The quantitative estimate of drug-likeness (QED) is 0.553. The Kier molecular flexibility index (Phi) is 5.49. The number of fused-ring (bicyclic) bond motifs is 2. The number of hydrogen-bond acceptors (Lipinski definition) is 8. The van der Waals surface area contributed by atoms with Crippen molar-refractivity contribution in [2.45, 2.75) is 39.4 Å². The summed E-state index contributed by atoms with van der Waals surface area (Å²) in [5.41, 5.74) is 0.679. The summed E-state index contributed by atoms with van der Waals surface area (Å²) in [6.07, 6.45) is 0.0983. The molecule has 1 aromatic carbocycles. The van der Waals surface area contributed by atoms with Gasteiger partial charge in [-0.3, -0.25) is 14.4 Å². The van der Waals surface area contributed by atoms with Crippen LogP contribution in [-0.2, 0) is 27.4 Å². The maximum absolute atomic E-state index is 12.5. The first-order valence-electron chi connectivity index (χ1n) is 9.57. The third-order valence-electron chi connectivity index (χ3n) is 4.64. The molecule has 9 nitrogen and oxygen atoms in total. The normalized spacial score (nSPS) is 15.7. The van der Waals surface area contributed by atoms with E-state index in [1.807, 2.05) is 13.0 Å². The molecule has 0 N–H and O–H groups in total. The number of carbonyl (C=O) groups excluding carboxylic acids is 2. The number of nitrogens with zero attached hydrogens (tertiary/aromatic N) is 4. The second-order valence-corrected chi connectivity index (χ2v) is 7.80. The zero-order chi connectivity index (χ0) is 21.3. The Morgan fingerprint density at radius 3 is 2.90 bits per heavy atom. The zero-order valence-electron chi connectivity index (χ0n) is 16.5. The number of para-hydroxylation sites is 2. The van der Waals surface area contributed by atoms with Crippen LogP contribution >= 0.6 is 11.3 Å². The van der Waals surface area contributed by atoms with Crippen LogP contribution in [0.2, 0.25) is 0 Å². The lowest BCUT2D eigenvalue weighted by Crippen LogP contribution is -2.45. The van der Waals surface area contributed by atoms with Crippen molar-refractivity contribution < 1.29 is 19.1 Å². The van der Waals surface area contributed by atoms with Crippen LogP contribution in [-0.4, -0.2) is 39.1 Å². The molecule has 1 atom stereocenters. The number of benzene rings is 1. The molecule has 3 aromatic rings. The topological polar surface area (TPSA) is 103 Å². The van der Waals surface area contributed by atoms with Gasteiger partial charge in [-0.05, 0) is 25.5 Å². The summed E-state index contributed by atoms with van der Waals surface area (Å²) in [7, 11) is 0. The van der Waals surface area contributed by atoms with Gasteiger partial charge in [-0.2, -0.15) is 9.61 Å². The van der Waals surface area contributed by atoms with Crippen molar-refractivity contribution in [1.82, 2.24) is 14.6 Å². The predicted molar refractivity (Wildman–Crippen MR) is 110 cm³/mol. The molecule has 1 amide bonds. The number of aryl methyl sites for hydroxylation is 1. The Morgan fingerprint density at radius 1 is 1.30 bits per heavy atom. The van der Waals surface area contributed by atoms with Gasteiger partial charge >= 0.3 is 5.97 Å². The first-order chi connectivity index (χ1) is 14.5. The van der Waals surface area contributed by atoms with E-state index >= 15 is 0 Å². The Hall–Kier alpha value is -3.27. The van der Waals surface area contributed by atoms with Gasteiger partial charge in [0.2, 0.25) is 4.96 Å². The van der Waals surface area contributed by atoms with Crippen molar-refractivity contribution >= 4 is 33.9 Å². The minimum Gasteiger partial charge on any atom is -0.479 e. The number of carbonyl (C=O) groups is 2. The fourth-order valence-electron chi connectivity index (χ4n) is 3.13. The van der Waals surface area contributed by atoms with Crippen LogP contribution in [0.25, 0.3) is 4.96 Å². The molecule has 0 saturated heterocycles. The third-order valence-corrected chi connectivity index (χ3v) is 5.69. The smallest absolute Gasteiger partial charge is 0.307 e. The van der Waals surface area contributed by atoms with Gasteiger partial charge in [0.05, 0.1) is 17.8 Å². The van der Waals surface area contributed by atoms with E-state index in [1.165, 1.54) is 26.8 Å². The molecule has 10 heteroatoms. The minimum atomic E-state index is -0.618. The number of hydrogen-bond donors (Lipinski definition) is 0. The first kappa shape index (κ1) is 20.0. The zero-order valence-corrected chi connectivity index (χ0v) is 17.3. The molecule has 0 saturated carbocycles. The van der Waals surface area contributed by atoms with Crippen molar-refractivity contribution in [3.63, 3.8) is 0 Å². The largest absolute Gasteiger partial charge is 0.479 e. The van der Waals surface area contributed by atoms with Crippen LogP contribution in [0, 0.1) is 0 Å². The van der Waals surface area contributed by atoms with E-state index in [0.29, 0.717) is 28.5 Å². The molecule has 1 aliphatic rings. The molecule has 156 valence electrons. The van der Waals surface area contributed by atoms with Crippen LogP contribution < -0.4 is 15.2 Å². The van der Waals surface area contributed by atoms with Gasteiger partial charge in [0.25, 0.3) is 11.5 Å². The lowest BCUT2D eigenvalue weighted by molar-refractivity contribution is -0.144. The number of amides is 1. The second-order valence-electron chi connectivity index (χ2n) is 6.76. The summed E-state index contributed by atoms with van der Waals surface area (Å²) in [6, 6.07) is 8.50. The van der Waals surface area contributed by atoms with Gasteiger partial charge in [0.1, 0.15) is 17.4 Å². The van der Waals surface area contributed by atoms with Crippen molar-refractivity contribution in [2.75, 3.05) is 11.4 Å². The minimum absolute atomic E-state index is 0.00849. The summed E-state index contributed by atoms with van der Waals surface area (Å²) in [5, 5.41) is 4.99. The molecule has 30 heavy (non-hydrogen) atoms. The van der Waals surface area contributed by atoms with E-state index in [0.717, 1.165) is 5.01 Å². The highest BCUT2D eigenvalue weighted by Crippen LogP contribution is 2.33. The number of aromatic nitrogens is 3. The Labute approximate surface area is 175 Å². The number of esters is 1. The fourth-order valence-corrected chi connectivity index (χ4v) is 3.99.